The Morgan fingerprint density at radius 1 is 1.40 bits per heavy atom. The second-order valence-electron chi connectivity index (χ2n) is 4.71. The predicted octanol–water partition coefficient (Wildman–Crippen LogP) is 3.08. The van der Waals surface area contributed by atoms with Gasteiger partial charge in [-0.25, -0.2) is 4.79 Å². The van der Waals surface area contributed by atoms with E-state index >= 15 is 0 Å². The van der Waals surface area contributed by atoms with Gasteiger partial charge in [-0.2, -0.15) is 0 Å². The SMILES string of the molecule is Cc1cc(CN(C)Cc2ccc(C(=O)O)cc2Br)no1. The van der Waals surface area contributed by atoms with Crippen molar-refractivity contribution in [3.63, 3.8) is 0 Å². The van der Waals surface area contributed by atoms with Gasteiger partial charge in [0.15, 0.2) is 0 Å². The zero-order valence-electron chi connectivity index (χ0n) is 11.3. The molecule has 0 fully saturated rings. The van der Waals surface area contributed by atoms with Crippen LogP contribution in [0.4, 0.5) is 0 Å². The van der Waals surface area contributed by atoms with Gasteiger partial charge in [0.1, 0.15) is 5.76 Å². The Balaban J connectivity index is 2.04. The number of carbonyl (C=O) groups is 1. The molecular weight excluding hydrogens is 324 g/mol. The van der Waals surface area contributed by atoms with Crippen molar-refractivity contribution >= 4 is 21.9 Å². The molecule has 0 radical (unpaired) electrons. The Labute approximate surface area is 125 Å². The van der Waals surface area contributed by atoms with Crippen molar-refractivity contribution in [2.45, 2.75) is 20.0 Å². The smallest absolute Gasteiger partial charge is 0.335 e. The summed E-state index contributed by atoms with van der Waals surface area (Å²) in [7, 11) is 1.97. The topological polar surface area (TPSA) is 66.6 Å². The highest BCUT2D eigenvalue weighted by Crippen LogP contribution is 2.20. The highest BCUT2D eigenvalue weighted by molar-refractivity contribution is 9.10. The van der Waals surface area contributed by atoms with Crippen molar-refractivity contribution in [1.82, 2.24) is 10.1 Å². The molecule has 0 aliphatic carbocycles. The number of benzene rings is 1. The lowest BCUT2D eigenvalue weighted by Gasteiger charge is -2.16. The average molecular weight is 339 g/mol. The van der Waals surface area contributed by atoms with Crippen LogP contribution in [0.1, 0.15) is 27.4 Å². The van der Waals surface area contributed by atoms with Crippen LogP contribution in [-0.2, 0) is 13.1 Å². The molecule has 0 aliphatic rings. The van der Waals surface area contributed by atoms with Gasteiger partial charge in [0.05, 0.1) is 11.3 Å². The van der Waals surface area contributed by atoms with Gasteiger partial charge in [0, 0.05) is 23.6 Å². The summed E-state index contributed by atoms with van der Waals surface area (Å²) in [6.07, 6.45) is 0. The number of carboxylic acids is 1. The minimum Gasteiger partial charge on any atom is -0.478 e. The Bertz CT molecular complexity index is 625. The van der Waals surface area contributed by atoms with E-state index in [0.717, 1.165) is 21.5 Å². The van der Waals surface area contributed by atoms with Crippen LogP contribution in [0.15, 0.2) is 33.3 Å². The lowest BCUT2D eigenvalue weighted by atomic mass is 10.1. The first kappa shape index (κ1) is 14.7. The highest BCUT2D eigenvalue weighted by Gasteiger charge is 2.10. The Hall–Kier alpha value is -1.66. The molecule has 2 aromatic rings. The summed E-state index contributed by atoms with van der Waals surface area (Å²) in [4.78, 5) is 13.0. The van der Waals surface area contributed by atoms with E-state index in [2.05, 4.69) is 26.0 Å². The molecule has 0 atom stereocenters. The molecule has 0 saturated heterocycles. The van der Waals surface area contributed by atoms with Gasteiger partial charge in [-0.05, 0) is 31.7 Å². The van der Waals surface area contributed by atoms with E-state index in [9.17, 15) is 4.79 Å². The molecule has 1 heterocycles. The maximum atomic E-state index is 10.9. The van der Waals surface area contributed by atoms with Crippen molar-refractivity contribution in [1.29, 1.82) is 0 Å². The minimum absolute atomic E-state index is 0.274. The molecule has 1 aromatic heterocycles. The molecular formula is C14H15BrN2O3. The number of aromatic nitrogens is 1. The standard InChI is InChI=1S/C14H15BrN2O3/c1-9-5-12(16-20-9)8-17(2)7-11-4-3-10(14(18)19)6-13(11)15/h3-6H,7-8H2,1-2H3,(H,18,19). The zero-order valence-corrected chi connectivity index (χ0v) is 12.8. The number of hydrogen-bond donors (Lipinski definition) is 1. The first-order valence-electron chi connectivity index (χ1n) is 6.08. The van der Waals surface area contributed by atoms with Gasteiger partial charge in [0.25, 0.3) is 0 Å². The fourth-order valence-corrected chi connectivity index (χ4v) is 2.43. The van der Waals surface area contributed by atoms with Gasteiger partial charge < -0.3 is 9.63 Å². The van der Waals surface area contributed by atoms with E-state index in [-0.39, 0.29) is 5.56 Å². The Morgan fingerprint density at radius 2 is 2.15 bits per heavy atom. The van der Waals surface area contributed by atoms with Crippen LogP contribution in [0, 0.1) is 6.92 Å². The predicted molar refractivity (Wildman–Crippen MR) is 77.5 cm³/mol. The lowest BCUT2D eigenvalue weighted by molar-refractivity contribution is 0.0697. The fraction of sp³-hybridized carbons (Fsp3) is 0.286. The van der Waals surface area contributed by atoms with E-state index in [1.807, 2.05) is 26.1 Å². The number of aromatic carboxylic acids is 1. The number of carboxylic acid groups (broad SMARTS) is 1. The summed E-state index contributed by atoms with van der Waals surface area (Å²) < 4.78 is 5.82. The fourth-order valence-electron chi connectivity index (χ4n) is 1.92. The molecule has 5 nitrogen and oxygen atoms in total. The van der Waals surface area contributed by atoms with Crippen molar-refractivity contribution < 1.29 is 14.4 Å². The number of nitrogens with zero attached hydrogens (tertiary/aromatic N) is 2. The van der Waals surface area contributed by atoms with Crippen LogP contribution in [0.25, 0.3) is 0 Å². The maximum Gasteiger partial charge on any atom is 0.335 e. The van der Waals surface area contributed by atoms with Crippen LogP contribution in [-0.4, -0.2) is 28.2 Å². The van der Waals surface area contributed by atoms with Gasteiger partial charge in [0.2, 0.25) is 0 Å². The van der Waals surface area contributed by atoms with Crippen molar-refractivity contribution in [2.75, 3.05) is 7.05 Å². The summed E-state index contributed by atoms with van der Waals surface area (Å²) in [5.41, 5.74) is 2.18. The summed E-state index contributed by atoms with van der Waals surface area (Å²) in [6, 6.07) is 6.94. The van der Waals surface area contributed by atoms with E-state index in [1.165, 1.54) is 0 Å². The Kier molecular flexibility index (Phi) is 4.57. The first-order valence-corrected chi connectivity index (χ1v) is 6.87. The van der Waals surface area contributed by atoms with E-state index in [1.54, 1.807) is 12.1 Å². The first-order chi connectivity index (χ1) is 9.45. The van der Waals surface area contributed by atoms with Gasteiger partial charge in [-0.3, -0.25) is 4.90 Å². The van der Waals surface area contributed by atoms with Crippen LogP contribution in [0.5, 0.6) is 0 Å². The van der Waals surface area contributed by atoms with Crippen molar-refractivity contribution in [2.24, 2.45) is 0 Å². The quantitative estimate of drug-likeness (QED) is 0.907. The van der Waals surface area contributed by atoms with E-state index in [4.69, 9.17) is 9.63 Å². The molecule has 0 amide bonds. The molecule has 0 unspecified atom stereocenters. The minimum atomic E-state index is -0.927. The second kappa shape index (κ2) is 6.19. The summed E-state index contributed by atoms with van der Waals surface area (Å²) in [5, 5.41) is 12.9. The molecule has 0 aliphatic heterocycles. The van der Waals surface area contributed by atoms with Crippen LogP contribution in [0.3, 0.4) is 0 Å². The van der Waals surface area contributed by atoms with Gasteiger partial charge >= 0.3 is 5.97 Å². The van der Waals surface area contributed by atoms with Gasteiger partial charge in [-0.15, -0.1) is 0 Å². The molecule has 0 spiro atoms. The molecule has 0 saturated carbocycles. The lowest BCUT2D eigenvalue weighted by Crippen LogP contribution is -2.17. The zero-order chi connectivity index (χ0) is 14.7. The van der Waals surface area contributed by atoms with Gasteiger partial charge in [-0.1, -0.05) is 27.2 Å². The molecule has 0 bridgehead atoms. The third-order valence-corrected chi connectivity index (χ3v) is 3.59. The molecule has 20 heavy (non-hydrogen) atoms. The van der Waals surface area contributed by atoms with E-state index < -0.39 is 5.97 Å². The third-order valence-electron chi connectivity index (χ3n) is 2.85. The van der Waals surface area contributed by atoms with Crippen LogP contribution >= 0.6 is 15.9 Å². The van der Waals surface area contributed by atoms with Crippen LogP contribution in [0.2, 0.25) is 0 Å². The number of hydrogen-bond acceptors (Lipinski definition) is 4. The second-order valence-corrected chi connectivity index (χ2v) is 5.57. The molecule has 106 valence electrons. The maximum absolute atomic E-state index is 10.9. The summed E-state index contributed by atoms with van der Waals surface area (Å²) in [5.74, 6) is -0.135. The number of rotatable bonds is 5. The Morgan fingerprint density at radius 3 is 2.70 bits per heavy atom. The number of aryl methyl sites for hydroxylation is 1. The number of halogens is 1. The van der Waals surface area contributed by atoms with E-state index in [0.29, 0.717) is 13.1 Å². The summed E-state index contributed by atoms with van der Waals surface area (Å²) >= 11 is 3.41. The molecule has 1 aromatic carbocycles. The average Bonchev–Trinajstić information content (AvgIpc) is 2.77. The molecule has 1 N–H and O–H groups in total. The van der Waals surface area contributed by atoms with Crippen molar-refractivity contribution in [3.05, 3.63) is 51.3 Å². The van der Waals surface area contributed by atoms with Crippen molar-refractivity contribution in [3.8, 4) is 0 Å². The molecule has 6 heteroatoms. The third kappa shape index (κ3) is 3.68. The largest absolute Gasteiger partial charge is 0.478 e. The molecule has 2 rings (SSSR count). The normalized spacial score (nSPS) is 11.0. The highest BCUT2D eigenvalue weighted by atomic mass is 79.9. The summed E-state index contributed by atoms with van der Waals surface area (Å²) in [6.45, 7) is 3.22. The monoisotopic (exact) mass is 338 g/mol. The van der Waals surface area contributed by atoms with Crippen LogP contribution < -0.4 is 0 Å².